The van der Waals surface area contributed by atoms with Crippen molar-refractivity contribution in [2.75, 3.05) is 0 Å². The largest absolute Gasteiger partial charge is 0.478 e. The molecule has 1 unspecified atom stereocenters. The van der Waals surface area contributed by atoms with Gasteiger partial charge in [0.15, 0.2) is 5.78 Å². The van der Waals surface area contributed by atoms with Gasteiger partial charge in [0.25, 0.3) is 0 Å². The fourth-order valence-electron chi connectivity index (χ4n) is 2.24. The summed E-state index contributed by atoms with van der Waals surface area (Å²) in [6, 6.07) is -0.860. The van der Waals surface area contributed by atoms with E-state index in [-0.39, 0.29) is 17.8 Å². The lowest BCUT2D eigenvalue weighted by atomic mass is 9.64. The van der Waals surface area contributed by atoms with Crippen LogP contribution in [-0.2, 0) is 9.59 Å². The van der Waals surface area contributed by atoms with E-state index in [1.165, 1.54) is 12.2 Å². The number of carbonyl (C=O) groups is 2. The molecule has 0 saturated carbocycles. The highest BCUT2D eigenvalue weighted by atomic mass is 16.4. The van der Waals surface area contributed by atoms with Gasteiger partial charge in [-0.3, -0.25) is 4.79 Å². The highest BCUT2D eigenvalue weighted by molar-refractivity contribution is 5.92. The third-order valence-electron chi connectivity index (χ3n) is 3.38. The summed E-state index contributed by atoms with van der Waals surface area (Å²) in [5.74, 6) is -1.65. The molecule has 1 rings (SSSR count). The zero-order valence-electron chi connectivity index (χ0n) is 14.2. The molecule has 0 heterocycles. The molecule has 19 heavy (non-hydrogen) atoms. The molecule has 104 valence electrons. The SMILES string of the molecule is [2H]C(C(=O)O)=C(C=CC1(O)C(C)=CC(=O)CC1(C)C)C([2H])[2H]. The van der Waals surface area contributed by atoms with Crippen LogP contribution >= 0.6 is 0 Å². The Morgan fingerprint density at radius 3 is 2.68 bits per heavy atom. The van der Waals surface area contributed by atoms with Crippen LogP contribution < -0.4 is 0 Å². The Hall–Kier alpha value is -1.68. The van der Waals surface area contributed by atoms with Crippen molar-refractivity contribution in [1.29, 1.82) is 0 Å². The Morgan fingerprint density at radius 1 is 1.58 bits per heavy atom. The third-order valence-corrected chi connectivity index (χ3v) is 3.38. The number of carbonyl (C=O) groups excluding carboxylic acids is 1. The van der Waals surface area contributed by atoms with Gasteiger partial charge >= 0.3 is 5.97 Å². The summed E-state index contributed by atoms with van der Waals surface area (Å²) >= 11 is 0. The number of ketones is 1. The molecule has 1 atom stereocenters. The first-order chi connectivity index (χ1) is 9.92. The van der Waals surface area contributed by atoms with E-state index in [0.29, 0.717) is 5.57 Å². The number of aliphatic hydroxyl groups is 1. The lowest BCUT2D eigenvalue weighted by Crippen LogP contribution is -2.48. The Morgan fingerprint density at radius 2 is 2.21 bits per heavy atom. The molecule has 0 aromatic rings. The zero-order chi connectivity index (χ0) is 17.3. The minimum atomic E-state index is -1.67. The van der Waals surface area contributed by atoms with Gasteiger partial charge in [-0.05, 0) is 37.1 Å². The third kappa shape index (κ3) is 3.20. The molecule has 0 aromatic heterocycles. The fourth-order valence-corrected chi connectivity index (χ4v) is 2.24. The zero-order valence-corrected chi connectivity index (χ0v) is 11.2. The van der Waals surface area contributed by atoms with Gasteiger partial charge in [0.05, 0.1) is 1.37 Å². The number of aliphatic carboxylic acids is 1. The van der Waals surface area contributed by atoms with Crippen LogP contribution in [0.15, 0.2) is 35.4 Å². The first-order valence-electron chi connectivity index (χ1n) is 7.49. The average molecular weight is 267 g/mol. The predicted octanol–water partition coefficient (Wildman–Crippen LogP) is 2.25. The van der Waals surface area contributed by atoms with Crippen LogP contribution in [-0.4, -0.2) is 27.6 Å². The van der Waals surface area contributed by atoms with Crippen LogP contribution in [0.25, 0.3) is 0 Å². The highest BCUT2D eigenvalue weighted by Gasteiger charge is 2.46. The minimum absolute atomic E-state index is 0.109. The topological polar surface area (TPSA) is 74.6 Å². The first-order valence-corrected chi connectivity index (χ1v) is 5.84. The van der Waals surface area contributed by atoms with Crippen molar-refractivity contribution in [2.24, 2.45) is 5.41 Å². The number of carboxylic acids is 1. The maximum absolute atomic E-state index is 11.6. The van der Waals surface area contributed by atoms with Gasteiger partial charge in [-0.2, -0.15) is 0 Å². The quantitative estimate of drug-likeness (QED) is 0.607. The molecular formula is C15H20O4. The fraction of sp³-hybridized carbons (Fsp3) is 0.467. The number of allylic oxidation sites excluding steroid dienone is 3. The van der Waals surface area contributed by atoms with Crippen molar-refractivity contribution in [2.45, 2.75) is 39.7 Å². The number of rotatable bonds is 3. The summed E-state index contributed by atoms with van der Waals surface area (Å²) in [6.45, 7) is 3.32. The van der Waals surface area contributed by atoms with Crippen LogP contribution in [0.4, 0.5) is 0 Å². The van der Waals surface area contributed by atoms with Gasteiger partial charge in [-0.25, -0.2) is 4.79 Å². The summed E-state index contributed by atoms with van der Waals surface area (Å²) in [5.41, 5.74) is -2.27. The van der Waals surface area contributed by atoms with Gasteiger partial charge < -0.3 is 10.2 Å². The Labute approximate surface area is 117 Å². The number of hydrogen-bond donors (Lipinski definition) is 2. The van der Waals surface area contributed by atoms with E-state index in [1.807, 2.05) is 0 Å². The van der Waals surface area contributed by atoms with Crippen LogP contribution in [0.2, 0.25) is 0 Å². The molecule has 0 bridgehead atoms. The smallest absolute Gasteiger partial charge is 0.328 e. The number of carboxylic acid groups (broad SMARTS) is 1. The highest BCUT2D eigenvalue weighted by Crippen LogP contribution is 2.44. The van der Waals surface area contributed by atoms with Gasteiger partial charge in [-0.15, -0.1) is 0 Å². The molecule has 0 aliphatic heterocycles. The second kappa shape index (κ2) is 5.13. The molecule has 0 spiro atoms. The molecule has 0 aromatic carbocycles. The molecule has 0 saturated heterocycles. The maximum Gasteiger partial charge on any atom is 0.328 e. The Bertz CT molecular complexity index is 588. The molecular weight excluding hydrogens is 244 g/mol. The Balaban J connectivity index is 3.35. The lowest BCUT2D eigenvalue weighted by Gasteiger charge is -2.43. The monoisotopic (exact) mass is 267 g/mol. The predicted molar refractivity (Wildman–Crippen MR) is 72.6 cm³/mol. The molecule has 0 radical (unpaired) electrons. The first kappa shape index (κ1) is 11.2. The molecule has 0 fully saturated rings. The molecule has 2 N–H and O–H groups in total. The van der Waals surface area contributed by atoms with Crippen LogP contribution in [0.5, 0.6) is 0 Å². The maximum atomic E-state index is 11.6. The minimum Gasteiger partial charge on any atom is -0.478 e. The van der Waals surface area contributed by atoms with Crippen molar-refractivity contribution >= 4 is 11.8 Å². The van der Waals surface area contributed by atoms with E-state index >= 15 is 0 Å². The number of hydrogen-bond acceptors (Lipinski definition) is 3. The summed E-state index contributed by atoms with van der Waals surface area (Å²) in [6.07, 6.45) is 3.84. The molecule has 4 heteroatoms. The second-order valence-electron chi connectivity index (χ2n) is 5.34. The van der Waals surface area contributed by atoms with Gasteiger partial charge in [0.2, 0.25) is 0 Å². The molecule has 1 aliphatic rings. The van der Waals surface area contributed by atoms with Crippen LogP contribution in [0.1, 0.15) is 38.2 Å². The van der Waals surface area contributed by atoms with Gasteiger partial charge in [0.1, 0.15) is 5.60 Å². The Kier molecular flexibility index (Phi) is 3.02. The summed E-state index contributed by atoms with van der Waals surface area (Å²) in [7, 11) is 0. The summed E-state index contributed by atoms with van der Waals surface area (Å²) in [4.78, 5) is 22.5. The van der Waals surface area contributed by atoms with Crippen molar-refractivity contribution < 1.29 is 23.9 Å². The van der Waals surface area contributed by atoms with Crippen molar-refractivity contribution in [3.63, 3.8) is 0 Å². The van der Waals surface area contributed by atoms with E-state index in [4.69, 9.17) is 9.22 Å². The molecule has 4 nitrogen and oxygen atoms in total. The van der Waals surface area contributed by atoms with E-state index in [0.717, 1.165) is 6.08 Å². The van der Waals surface area contributed by atoms with Crippen molar-refractivity contribution in [1.82, 2.24) is 0 Å². The lowest BCUT2D eigenvalue weighted by molar-refractivity contribution is -0.131. The van der Waals surface area contributed by atoms with Crippen LogP contribution in [0, 0.1) is 5.41 Å². The van der Waals surface area contributed by atoms with E-state index in [1.54, 1.807) is 20.8 Å². The van der Waals surface area contributed by atoms with E-state index in [2.05, 4.69) is 0 Å². The standard InChI is InChI=1S/C15H20O4/c1-10(7-13(17)18)5-6-15(19)11(2)8-12(16)9-14(15,3)4/h5-8,19H,9H2,1-4H3,(H,17,18)/i1D2,7D. The normalized spacial score (nSPS) is 30.5. The van der Waals surface area contributed by atoms with E-state index < -0.39 is 29.9 Å². The second-order valence-corrected chi connectivity index (χ2v) is 5.34. The molecule has 0 amide bonds. The van der Waals surface area contributed by atoms with E-state index in [9.17, 15) is 14.7 Å². The van der Waals surface area contributed by atoms with Crippen molar-refractivity contribution in [3.8, 4) is 0 Å². The van der Waals surface area contributed by atoms with Gasteiger partial charge in [0, 0.05) is 20.6 Å². The van der Waals surface area contributed by atoms with Crippen molar-refractivity contribution in [3.05, 3.63) is 35.4 Å². The van der Waals surface area contributed by atoms with Gasteiger partial charge in [-0.1, -0.05) is 19.9 Å². The summed E-state index contributed by atoms with van der Waals surface area (Å²) < 4.78 is 22.1. The average Bonchev–Trinajstić information content (AvgIpc) is 2.35. The van der Waals surface area contributed by atoms with Crippen LogP contribution in [0.3, 0.4) is 0 Å². The molecule has 1 aliphatic carbocycles. The summed E-state index contributed by atoms with van der Waals surface area (Å²) in [5, 5.41) is 19.7.